The Morgan fingerprint density at radius 1 is 1.11 bits per heavy atom. The summed E-state index contributed by atoms with van der Waals surface area (Å²) < 4.78 is 73.7. The largest absolute Gasteiger partial charge is 0.480 e. The number of aliphatic carboxylic acids is 1. The molecule has 0 aromatic heterocycles. The van der Waals surface area contributed by atoms with E-state index in [4.69, 9.17) is 5.11 Å². The molecular formula is C9H11F6NO3. The molecule has 0 unspecified atom stereocenters. The summed E-state index contributed by atoms with van der Waals surface area (Å²) in [4.78, 5) is 21.7. The Kier molecular flexibility index (Phi) is 5.63. The minimum atomic E-state index is -5.82. The molecule has 0 aliphatic rings. The summed E-state index contributed by atoms with van der Waals surface area (Å²) in [7, 11) is 0. The minimum absolute atomic E-state index is 0.0292. The number of carboxylic acids is 1. The maximum absolute atomic E-state index is 12.3. The monoisotopic (exact) mass is 295 g/mol. The molecule has 0 aromatic carbocycles. The maximum Gasteiger partial charge on any atom is 0.409 e. The summed E-state index contributed by atoms with van der Waals surface area (Å²) in [5, 5.41) is 8.39. The molecule has 0 spiro atoms. The van der Waals surface area contributed by atoms with Crippen LogP contribution >= 0.6 is 0 Å². The van der Waals surface area contributed by atoms with Gasteiger partial charge in [0.2, 0.25) is 11.8 Å². The Balaban J connectivity index is 5.31. The van der Waals surface area contributed by atoms with Gasteiger partial charge in [0.05, 0.1) is 0 Å². The number of carbonyl (C=O) groups is 2. The van der Waals surface area contributed by atoms with Crippen LogP contribution in [0.4, 0.5) is 26.3 Å². The Bertz CT molecular complexity index is 324. The molecule has 1 amide bonds. The average Bonchev–Trinajstić information content (AvgIpc) is 2.11. The number of amides is 1. The summed E-state index contributed by atoms with van der Waals surface area (Å²) >= 11 is 0. The first-order valence-corrected chi connectivity index (χ1v) is 5.05. The highest BCUT2D eigenvalue weighted by molar-refractivity contribution is 5.84. The molecule has 0 radical (unpaired) electrons. The molecule has 0 atom stereocenters. The lowest BCUT2D eigenvalue weighted by Crippen LogP contribution is -2.51. The number of nitrogens with zero attached hydrogens (tertiary/aromatic N) is 1. The molecule has 0 saturated carbocycles. The second-order valence-electron chi connectivity index (χ2n) is 3.67. The zero-order chi connectivity index (χ0) is 15.4. The molecule has 10 heteroatoms. The Morgan fingerprint density at radius 3 is 1.79 bits per heavy atom. The van der Waals surface area contributed by atoms with Crippen molar-refractivity contribution in [1.29, 1.82) is 0 Å². The van der Waals surface area contributed by atoms with E-state index in [2.05, 4.69) is 0 Å². The van der Waals surface area contributed by atoms with E-state index in [1.807, 2.05) is 0 Å². The van der Waals surface area contributed by atoms with E-state index in [0.717, 1.165) is 0 Å². The van der Waals surface area contributed by atoms with Gasteiger partial charge in [0, 0.05) is 6.54 Å². The van der Waals surface area contributed by atoms with Crippen molar-refractivity contribution in [2.45, 2.75) is 25.7 Å². The summed E-state index contributed by atoms with van der Waals surface area (Å²) in [5.41, 5.74) is 0. The Morgan fingerprint density at radius 2 is 1.53 bits per heavy atom. The number of rotatable bonds is 5. The molecule has 0 aliphatic heterocycles. The van der Waals surface area contributed by atoms with Crippen molar-refractivity contribution in [3.05, 3.63) is 0 Å². The van der Waals surface area contributed by atoms with Gasteiger partial charge in [-0.05, 0) is 6.42 Å². The van der Waals surface area contributed by atoms with Crippen molar-refractivity contribution in [2.75, 3.05) is 13.1 Å². The SMILES string of the molecule is CCCN(CC(=O)O)C(=O)C(C(F)(F)F)C(F)(F)F. The van der Waals surface area contributed by atoms with Gasteiger partial charge in [-0.15, -0.1) is 0 Å². The summed E-state index contributed by atoms with van der Waals surface area (Å²) in [6.07, 6.45) is -11.6. The van der Waals surface area contributed by atoms with E-state index < -0.39 is 43.2 Å². The molecule has 0 rings (SSSR count). The number of carbonyl (C=O) groups excluding carboxylic acids is 1. The van der Waals surface area contributed by atoms with Gasteiger partial charge in [-0.2, -0.15) is 26.3 Å². The predicted octanol–water partition coefficient (Wildman–Crippen LogP) is 2.05. The quantitative estimate of drug-likeness (QED) is 0.790. The van der Waals surface area contributed by atoms with E-state index in [9.17, 15) is 35.9 Å². The van der Waals surface area contributed by atoms with Crippen molar-refractivity contribution in [2.24, 2.45) is 5.92 Å². The van der Waals surface area contributed by atoms with Crippen LogP contribution in [0.2, 0.25) is 0 Å². The van der Waals surface area contributed by atoms with Gasteiger partial charge in [-0.3, -0.25) is 9.59 Å². The lowest BCUT2D eigenvalue weighted by atomic mass is 10.1. The first kappa shape index (κ1) is 17.5. The van der Waals surface area contributed by atoms with Gasteiger partial charge in [0.1, 0.15) is 6.54 Å². The molecule has 0 aromatic rings. The Hall–Kier alpha value is -1.48. The van der Waals surface area contributed by atoms with E-state index in [0.29, 0.717) is 0 Å². The third-order valence-corrected chi connectivity index (χ3v) is 2.03. The van der Waals surface area contributed by atoms with E-state index in [-0.39, 0.29) is 11.3 Å². The third-order valence-electron chi connectivity index (χ3n) is 2.03. The highest BCUT2D eigenvalue weighted by atomic mass is 19.4. The van der Waals surface area contributed by atoms with E-state index in [1.165, 1.54) is 6.92 Å². The summed E-state index contributed by atoms with van der Waals surface area (Å²) in [6, 6.07) is 0. The molecule has 0 heterocycles. The molecule has 0 aliphatic carbocycles. The normalized spacial score (nSPS) is 12.6. The number of hydrogen-bond acceptors (Lipinski definition) is 2. The van der Waals surface area contributed by atoms with Crippen molar-refractivity contribution < 1.29 is 41.0 Å². The van der Waals surface area contributed by atoms with Gasteiger partial charge in [-0.25, -0.2) is 0 Å². The van der Waals surface area contributed by atoms with Gasteiger partial charge in [0.15, 0.2) is 0 Å². The third kappa shape index (κ3) is 5.35. The molecular weight excluding hydrogens is 284 g/mol. The van der Waals surface area contributed by atoms with Crippen LogP contribution < -0.4 is 0 Å². The molecule has 112 valence electrons. The molecule has 19 heavy (non-hydrogen) atoms. The van der Waals surface area contributed by atoms with Gasteiger partial charge in [0.25, 0.3) is 0 Å². The fraction of sp³-hybridized carbons (Fsp3) is 0.778. The molecule has 0 fully saturated rings. The van der Waals surface area contributed by atoms with Crippen LogP contribution in [-0.4, -0.2) is 47.3 Å². The molecule has 0 saturated heterocycles. The fourth-order valence-corrected chi connectivity index (χ4v) is 1.35. The summed E-state index contributed by atoms with van der Waals surface area (Å²) in [6.45, 7) is -0.332. The smallest absolute Gasteiger partial charge is 0.409 e. The van der Waals surface area contributed by atoms with Crippen molar-refractivity contribution in [3.8, 4) is 0 Å². The first-order valence-electron chi connectivity index (χ1n) is 5.05. The van der Waals surface area contributed by atoms with E-state index in [1.54, 1.807) is 0 Å². The van der Waals surface area contributed by atoms with E-state index >= 15 is 0 Å². The number of halogens is 6. The maximum atomic E-state index is 12.3. The standard InChI is InChI=1S/C9H11F6NO3/c1-2-3-16(4-5(17)18)7(19)6(8(10,11)12)9(13,14)15/h6H,2-4H2,1H3,(H,17,18). The lowest BCUT2D eigenvalue weighted by Gasteiger charge is -2.28. The topological polar surface area (TPSA) is 57.6 Å². The second kappa shape index (κ2) is 6.11. The van der Waals surface area contributed by atoms with Crippen molar-refractivity contribution >= 4 is 11.9 Å². The Labute approximate surface area is 104 Å². The predicted molar refractivity (Wildman–Crippen MR) is 50.1 cm³/mol. The highest BCUT2D eigenvalue weighted by Crippen LogP contribution is 2.40. The highest BCUT2D eigenvalue weighted by Gasteiger charge is 2.62. The fourth-order valence-electron chi connectivity index (χ4n) is 1.35. The molecule has 1 N–H and O–H groups in total. The van der Waals surface area contributed by atoms with Crippen LogP contribution in [0.25, 0.3) is 0 Å². The zero-order valence-electron chi connectivity index (χ0n) is 9.68. The second-order valence-corrected chi connectivity index (χ2v) is 3.67. The van der Waals surface area contributed by atoms with Crippen LogP contribution in [0.1, 0.15) is 13.3 Å². The molecule has 4 nitrogen and oxygen atoms in total. The number of hydrogen-bond donors (Lipinski definition) is 1. The zero-order valence-corrected chi connectivity index (χ0v) is 9.68. The van der Waals surface area contributed by atoms with Crippen LogP contribution in [-0.2, 0) is 9.59 Å². The van der Waals surface area contributed by atoms with Crippen LogP contribution in [0, 0.1) is 5.92 Å². The summed E-state index contributed by atoms with van der Waals surface area (Å²) in [5.74, 6) is -8.19. The number of carboxylic acid groups (broad SMARTS) is 1. The molecule has 0 bridgehead atoms. The van der Waals surface area contributed by atoms with Gasteiger partial charge in [-0.1, -0.05) is 6.92 Å². The lowest BCUT2D eigenvalue weighted by molar-refractivity contribution is -0.277. The van der Waals surface area contributed by atoms with Gasteiger partial charge >= 0.3 is 18.3 Å². The van der Waals surface area contributed by atoms with Crippen molar-refractivity contribution in [3.63, 3.8) is 0 Å². The van der Waals surface area contributed by atoms with Gasteiger partial charge < -0.3 is 10.0 Å². The average molecular weight is 295 g/mol. The van der Waals surface area contributed by atoms with Crippen LogP contribution in [0.5, 0.6) is 0 Å². The van der Waals surface area contributed by atoms with Crippen molar-refractivity contribution in [1.82, 2.24) is 4.90 Å². The first-order chi connectivity index (χ1) is 8.41. The minimum Gasteiger partial charge on any atom is -0.480 e. The number of alkyl halides is 6. The van der Waals surface area contributed by atoms with Crippen LogP contribution in [0.15, 0.2) is 0 Å². The van der Waals surface area contributed by atoms with Crippen LogP contribution in [0.3, 0.4) is 0 Å².